The van der Waals surface area contributed by atoms with Crippen LogP contribution in [0.2, 0.25) is 5.02 Å². The van der Waals surface area contributed by atoms with E-state index in [1.807, 2.05) is 25.1 Å². The number of hydrogen-bond donors (Lipinski definition) is 0. The molecule has 0 unspecified atom stereocenters. The first-order chi connectivity index (χ1) is 9.60. The molecule has 0 amide bonds. The van der Waals surface area contributed by atoms with Crippen LogP contribution in [0.1, 0.15) is 25.3 Å². The van der Waals surface area contributed by atoms with Crippen molar-refractivity contribution in [3.05, 3.63) is 33.3 Å². The molecule has 1 heterocycles. The molecule has 0 aliphatic carbocycles. The minimum Gasteiger partial charge on any atom is -0.466 e. The maximum absolute atomic E-state index is 11.8. The van der Waals surface area contributed by atoms with Crippen molar-refractivity contribution >= 4 is 33.5 Å². The summed E-state index contributed by atoms with van der Waals surface area (Å²) < 4.78 is 6.10. The zero-order valence-electron chi connectivity index (χ0n) is 11.6. The van der Waals surface area contributed by atoms with Gasteiger partial charge in [0.25, 0.3) is 0 Å². The predicted molar refractivity (Wildman–Crippen MR) is 83.8 cm³/mol. The first kappa shape index (κ1) is 15.8. The molecule has 20 heavy (non-hydrogen) atoms. The number of carbonyl (C=O) groups is 1. The van der Waals surface area contributed by atoms with Crippen LogP contribution < -0.4 is 0 Å². The average Bonchev–Trinajstić information content (AvgIpc) is 2.43. The maximum Gasteiger partial charge on any atom is 0.310 e. The number of carbonyl (C=O) groups excluding carboxylic acids is 1. The molecular formula is C15H19BrClNO2. The Morgan fingerprint density at radius 1 is 1.55 bits per heavy atom. The van der Waals surface area contributed by atoms with Crippen molar-refractivity contribution in [2.45, 2.75) is 26.3 Å². The average molecular weight is 361 g/mol. The Labute approximate surface area is 133 Å². The van der Waals surface area contributed by atoms with Gasteiger partial charge in [0.15, 0.2) is 0 Å². The van der Waals surface area contributed by atoms with Crippen molar-refractivity contribution < 1.29 is 9.53 Å². The molecule has 2 rings (SSSR count). The van der Waals surface area contributed by atoms with Crippen LogP contribution in [0.4, 0.5) is 0 Å². The highest BCUT2D eigenvalue weighted by atomic mass is 79.9. The third-order valence-corrected chi connectivity index (χ3v) is 4.38. The van der Waals surface area contributed by atoms with Crippen LogP contribution in [0.5, 0.6) is 0 Å². The molecule has 0 N–H and O–H groups in total. The van der Waals surface area contributed by atoms with Gasteiger partial charge in [-0.15, -0.1) is 0 Å². The van der Waals surface area contributed by atoms with Gasteiger partial charge in [0.2, 0.25) is 0 Å². The third-order valence-electron chi connectivity index (χ3n) is 3.53. The molecule has 1 aliphatic heterocycles. The van der Waals surface area contributed by atoms with E-state index in [0.29, 0.717) is 6.61 Å². The first-order valence-electron chi connectivity index (χ1n) is 6.93. The van der Waals surface area contributed by atoms with Crippen molar-refractivity contribution in [2.24, 2.45) is 5.92 Å². The molecule has 110 valence electrons. The van der Waals surface area contributed by atoms with Crippen molar-refractivity contribution in [2.75, 3.05) is 19.7 Å². The van der Waals surface area contributed by atoms with Gasteiger partial charge in [-0.2, -0.15) is 0 Å². The quantitative estimate of drug-likeness (QED) is 0.763. The highest BCUT2D eigenvalue weighted by Gasteiger charge is 2.26. The molecule has 1 aliphatic rings. The molecule has 0 radical (unpaired) electrons. The highest BCUT2D eigenvalue weighted by Crippen LogP contribution is 2.25. The van der Waals surface area contributed by atoms with Gasteiger partial charge >= 0.3 is 5.97 Å². The van der Waals surface area contributed by atoms with Gasteiger partial charge in [-0.05, 0) is 44.0 Å². The topological polar surface area (TPSA) is 29.5 Å². The van der Waals surface area contributed by atoms with E-state index in [-0.39, 0.29) is 11.9 Å². The van der Waals surface area contributed by atoms with Crippen LogP contribution in [-0.4, -0.2) is 30.6 Å². The molecule has 0 aromatic heterocycles. The highest BCUT2D eigenvalue weighted by molar-refractivity contribution is 9.10. The van der Waals surface area contributed by atoms with Crippen molar-refractivity contribution in [3.8, 4) is 0 Å². The number of hydrogen-bond acceptors (Lipinski definition) is 3. The summed E-state index contributed by atoms with van der Waals surface area (Å²) in [6, 6.07) is 5.93. The Hall–Kier alpha value is -0.580. The third kappa shape index (κ3) is 4.21. The standard InChI is InChI=1S/C15H19BrClNO2/c1-2-20-15(19)12-4-3-7-18(10-12)9-11-5-6-13(16)8-14(11)17/h5-6,8,12H,2-4,7,9-10H2,1H3/t12-/m1/s1. The van der Waals surface area contributed by atoms with E-state index in [1.165, 1.54) is 0 Å². The van der Waals surface area contributed by atoms with Crippen molar-refractivity contribution in [3.63, 3.8) is 0 Å². The minimum atomic E-state index is -0.0703. The number of nitrogens with zero attached hydrogens (tertiary/aromatic N) is 1. The predicted octanol–water partition coefficient (Wildman–Crippen LogP) is 3.88. The molecule has 3 nitrogen and oxygen atoms in total. The summed E-state index contributed by atoms with van der Waals surface area (Å²) in [5.74, 6) is -0.0722. The maximum atomic E-state index is 11.8. The number of rotatable bonds is 4. The van der Waals surface area contributed by atoms with Crippen LogP contribution in [0, 0.1) is 5.92 Å². The normalized spacial score (nSPS) is 19.9. The Morgan fingerprint density at radius 3 is 3.05 bits per heavy atom. The largest absolute Gasteiger partial charge is 0.466 e. The number of likely N-dealkylation sites (tertiary alicyclic amines) is 1. The SMILES string of the molecule is CCOC(=O)[C@@H]1CCCN(Cc2ccc(Br)cc2Cl)C1. The first-order valence-corrected chi connectivity index (χ1v) is 8.10. The Bertz CT molecular complexity index is 481. The van der Waals surface area contributed by atoms with E-state index in [9.17, 15) is 4.79 Å². The molecule has 1 fully saturated rings. The molecule has 5 heteroatoms. The van der Waals surface area contributed by atoms with Crippen molar-refractivity contribution in [1.29, 1.82) is 0 Å². The number of halogens is 2. The molecule has 0 saturated carbocycles. The zero-order valence-corrected chi connectivity index (χ0v) is 13.9. The Kier molecular flexibility index (Phi) is 5.87. The summed E-state index contributed by atoms with van der Waals surface area (Å²) in [6.07, 6.45) is 1.95. The lowest BCUT2D eigenvalue weighted by Crippen LogP contribution is -2.38. The molecule has 0 bridgehead atoms. The van der Waals surface area contributed by atoms with Crippen molar-refractivity contribution in [1.82, 2.24) is 4.90 Å². The Balaban J connectivity index is 1.97. The van der Waals surface area contributed by atoms with E-state index in [2.05, 4.69) is 20.8 Å². The molecular weight excluding hydrogens is 342 g/mol. The number of ether oxygens (including phenoxy) is 1. The van der Waals surface area contributed by atoms with Crippen LogP contribution in [-0.2, 0) is 16.1 Å². The van der Waals surface area contributed by atoms with E-state index in [1.54, 1.807) is 0 Å². The minimum absolute atomic E-state index is 0.00192. The summed E-state index contributed by atoms with van der Waals surface area (Å²) >= 11 is 9.66. The smallest absolute Gasteiger partial charge is 0.310 e. The van der Waals surface area contributed by atoms with Gasteiger partial charge in [-0.25, -0.2) is 0 Å². The second kappa shape index (κ2) is 7.43. The van der Waals surface area contributed by atoms with Gasteiger partial charge in [-0.3, -0.25) is 9.69 Å². The van der Waals surface area contributed by atoms with E-state index in [0.717, 1.165) is 47.5 Å². The van der Waals surface area contributed by atoms with Gasteiger partial charge in [-0.1, -0.05) is 33.6 Å². The molecule has 1 saturated heterocycles. The lowest BCUT2D eigenvalue weighted by Gasteiger charge is -2.31. The van der Waals surface area contributed by atoms with Gasteiger partial charge in [0.05, 0.1) is 12.5 Å². The van der Waals surface area contributed by atoms with Gasteiger partial charge in [0, 0.05) is 22.6 Å². The van der Waals surface area contributed by atoms with E-state index >= 15 is 0 Å². The molecule has 1 atom stereocenters. The second-order valence-corrected chi connectivity index (χ2v) is 6.38. The molecule has 1 aromatic rings. The van der Waals surface area contributed by atoms with Gasteiger partial charge < -0.3 is 4.74 Å². The summed E-state index contributed by atoms with van der Waals surface area (Å²) in [5.41, 5.74) is 1.10. The zero-order chi connectivity index (χ0) is 14.5. The fourth-order valence-electron chi connectivity index (χ4n) is 2.54. The number of piperidine rings is 1. The number of esters is 1. The fourth-order valence-corrected chi connectivity index (χ4v) is 3.28. The monoisotopic (exact) mass is 359 g/mol. The summed E-state index contributed by atoms with van der Waals surface area (Å²) in [5, 5.41) is 0.762. The molecule has 1 aromatic carbocycles. The lowest BCUT2D eigenvalue weighted by atomic mass is 9.98. The summed E-state index contributed by atoms with van der Waals surface area (Å²) in [4.78, 5) is 14.1. The summed E-state index contributed by atoms with van der Waals surface area (Å²) in [6.45, 7) is 4.84. The second-order valence-electron chi connectivity index (χ2n) is 5.06. The van der Waals surface area contributed by atoms with Crippen LogP contribution in [0.3, 0.4) is 0 Å². The molecule has 0 spiro atoms. The van der Waals surface area contributed by atoms with Crippen LogP contribution >= 0.6 is 27.5 Å². The lowest BCUT2D eigenvalue weighted by molar-refractivity contribution is -0.150. The Morgan fingerprint density at radius 2 is 2.35 bits per heavy atom. The fraction of sp³-hybridized carbons (Fsp3) is 0.533. The van der Waals surface area contributed by atoms with Crippen LogP contribution in [0.25, 0.3) is 0 Å². The van der Waals surface area contributed by atoms with E-state index < -0.39 is 0 Å². The van der Waals surface area contributed by atoms with E-state index in [4.69, 9.17) is 16.3 Å². The number of benzene rings is 1. The summed E-state index contributed by atoms with van der Waals surface area (Å²) in [7, 11) is 0. The van der Waals surface area contributed by atoms with Gasteiger partial charge in [0.1, 0.15) is 0 Å². The van der Waals surface area contributed by atoms with Crippen LogP contribution in [0.15, 0.2) is 22.7 Å².